The first-order chi connectivity index (χ1) is 6.45. The third-order valence-electron chi connectivity index (χ3n) is 1.84. The molecule has 0 spiro atoms. The number of hydrogen-bond donors (Lipinski definition) is 0. The smallest absolute Gasteiger partial charge is 0.396 e. The maximum absolute atomic E-state index is 2.17. The SMILES string of the molecule is [Li+].c1ccc([Si-]c2ccccc2)cc1. The molecule has 14 heavy (non-hydrogen) atoms. The van der Waals surface area contributed by atoms with E-state index < -0.39 is 0 Å². The summed E-state index contributed by atoms with van der Waals surface area (Å²) >= 11 is 0. The van der Waals surface area contributed by atoms with Crippen LogP contribution in [0.2, 0.25) is 0 Å². The van der Waals surface area contributed by atoms with Crippen LogP contribution < -0.4 is 29.2 Å². The second kappa shape index (κ2) is 5.87. The van der Waals surface area contributed by atoms with Gasteiger partial charge in [0, 0.05) is 0 Å². The second-order valence-electron chi connectivity index (χ2n) is 2.86. The largest absolute Gasteiger partial charge is 1.00 e. The van der Waals surface area contributed by atoms with Crippen molar-refractivity contribution in [1.82, 2.24) is 0 Å². The predicted molar refractivity (Wildman–Crippen MR) is 57.9 cm³/mol. The number of benzene rings is 2. The van der Waals surface area contributed by atoms with Crippen molar-refractivity contribution in [2.75, 3.05) is 0 Å². The van der Waals surface area contributed by atoms with Crippen molar-refractivity contribution in [3.05, 3.63) is 60.7 Å². The van der Waals surface area contributed by atoms with Gasteiger partial charge in [-0.15, -0.1) is 0 Å². The molecule has 63 valence electrons. The Kier molecular flexibility index (Phi) is 4.75. The molecule has 0 fully saturated rings. The zero-order chi connectivity index (χ0) is 8.93. The van der Waals surface area contributed by atoms with E-state index in [2.05, 4.69) is 60.7 Å². The Morgan fingerprint density at radius 1 is 0.571 bits per heavy atom. The molecule has 1 radical (unpaired) electrons. The van der Waals surface area contributed by atoms with Gasteiger partial charge in [-0.3, -0.25) is 0 Å². The topological polar surface area (TPSA) is 0 Å². The van der Waals surface area contributed by atoms with E-state index in [-0.39, 0.29) is 18.9 Å². The van der Waals surface area contributed by atoms with E-state index in [9.17, 15) is 0 Å². The van der Waals surface area contributed by atoms with E-state index in [1.54, 1.807) is 0 Å². The van der Waals surface area contributed by atoms with Crippen molar-refractivity contribution >= 4 is 19.9 Å². The first kappa shape index (κ1) is 11.3. The summed E-state index contributed by atoms with van der Waals surface area (Å²) in [4.78, 5) is 0. The second-order valence-corrected chi connectivity index (χ2v) is 4.26. The van der Waals surface area contributed by atoms with Crippen LogP contribution in [-0.2, 0) is 0 Å². The normalized spacial score (nSPS) is 8.86. The van der Waals surface area contributed by atoms with E-state index in [1.165, 1.54) is 10.4 Å². The predicted octanol–water partition coefficient (Wildman–Crippen LogP) is -1.65. The van der Waals surface area contributed by atoms with Gasteiger partial charge in [0.25, 0.3) is 0 Å². The Balaban J connectivity index is 0.000000980. The summed E-state index contributed by atoms with van der Waals surface area (Å²) in [5.41, 5.74) is 0. The molecule has 0 nitrogen and oxygen atoms in total. The van der Waals surface area contributed by atoms with Gasteiger partial charge in [-0.2, -0.15) is 0 Å². The molecule has 0 aliphatic carbocycles. The average Bonchev–Trinajstić information content (AvgIpc) is 2.21. The Morgan fingerprint density at radius 2 is 0.929 bits per heavy atom. The van der Waals surface area contributed by atoms with Gasteiger partial charge in [0.1, 0.15) is 0 Å². The van der Waals surface area contributed by atoms with Gasteiger partial charge in [0.15, 0.2) is 0 Å². The van der Waals surface area contributed by atoms with Gasteiger partial charge in [-0.1, -0.05) is 60.7 Å². The molecule has 0 atom stereocenters. The third-order valence-corrected chi connectivity index (χ3v) is 3.08. The molecule has 0 aliphatic heterocycles. The van der Waals surface area contributed by atoms with Gasteiger partial charge >= 0.3 is 18.9 Å². The van der Waals surface area contributed by atoms with Crippen LogP contribution in [0.4, 0.5) is 0 Å². The molecule has 0 saturated heterocycles. The van der Waals surface area contributed by atoms with Gasteiger partial charge in [0.2, 0.25) is 0 Å². The van der Waals surface area contributed by atoms with Crippen molar-refractivity contribution in [1.29, 1.82) is 0 Å². The summed E-state index contributed by atoms with van der Waals surface area (Å²) in [6.45, 7) is 0. The van der Waals surface area contributed by atoms with Crippen LogP contribution in [0.15, 0.2) is 60.7 Å². The quantitative estimate of drug-likeness (QED) is 0.496. The summed E-state index contributed by atoms with van der Waals surface area (Å²) in [5, 5.41) is 2.79. The molecule has 0 aliphatic rings. The van der Waals surface area contributed by atoms with Crippen molar-refractivity contribution in [3.8, 4) is 0 Å². The van der Waals surface area contributed by atoms with Crippen LogP contribution in [0.3, 0.4) is 0 Å². The molecule has 0 N–H and O–H groups in total. The Morgan fingerprint density at radius 3 is 1.29 bits per heavy atom. The Labute approximate surface area is 99.4 Å². The molecule has 0 saturated carbocycles. The molecule has 2 aromatic rings. The van der Waals surface area contributed by atoms with Crippen LogP contribution >= 0.6 is 0 Å². The minimum atomic E-state index is 0. The van der Waals surface area contributed by atoms with Crippen molar-refractivity contribution in [3.63, 3.8) is 0 Å². The fraction of sp³-hybridized carbons (Fsp3) is 0. The van der Waals surface area contributed by atoms with Gasteiger partial charge in [-0.25, -0.2) is 10.4 Å². The molecule has 0 aromatic heterocycles. The average molecular weight is 189 g/mol. The molecular formula is C12H10LiSi. The van der Waals surface area contributed by atoms with Gasteiger partial charge in [-0.05, 0) is 0 Å². The van der Waals surface area contributed by atoms with E-state index in [0.717, 1.165) is 9.52 Å². The standard InChI is InChI=1S/C12H10Si.Li/c1-3-7-11(8-4-1)13-12-9-5-2-6-10-12;/h1-10H;/q-1;+1. The van der Waals surface area contributed by atoms with E-state index in [0.29, 0.717) is 0 Å². The van der Waals surface area contributed by atoms with Crippen molar-refractivity contribution in [2.24, 2.45) is 0 Å². The first-order valence-electron chi connectivity index (χ1n) is 4.32. The van der Waals surface area contributed by atoms with Crippen LogP contribution in [0.25, 0.3) is 0 Å². The number of hydrogen-bond acceptors (Lipinski definition) is 0. The third kappa shape index (κ3) is 3.19. The van der Waals surface area contributed by atoms with Crippen molar-refractivity contribution in [2.45, 2.75) is 0 Å². The number of rotatable bonds is 2. The molecule has 2 heteroatoms. The molecule has 0 heterocycles. The molecule has 0 amide bonds. The zero-order valence-corrected chi connectivity index (χ0v) is 9.27. The summed E-state index contributed by atoms with van der Waals surface area (Å²) in [6, 6.07) is 21.2. The molecule has 2 aromatic carbocycles. The minimum absolute atomic E-state index is 0. The summed E-state index contributed by atoms with van der Waals surface area (Å²) in [7, 11) is 0.777. The summed E-state index contributed by atoms with van der Waals surface area (Å²) < 4.78 is 0. The monoisotopic (exact) mass is 189 g/mol. The molecule has 2 rings (SSSR count). The van der Waals surface area contributed by atoms with Crippen LogP contribution in [0.1, 0.15) is 0 Å². The molecule has 0 bridgehead atoms. The minimum Gasteiger partial charge on any atom is -0.396 e. The first-order valence-corrected chi connectivity index (χ1v) is 5.32. The maximum Gasteiger partial charge on any atom is 1.00 e. The molecule has 0 unspecified atom stereocenters. The zero-order valence-electron chi connectivity index (χ0n) is 8.27. The van der Waals surface area contributed by atoms with Crippen molar-refractivity contribution < 1.29 is 18.9 Å². The summed E-state index contributed by atoms with van der Waals surface area (Å²) in [5.74, 6) is 0. The van der Waals surface area contributed by atoms with Crippen LogP contribution in [-0.4, -0.2) is 9.52 Å². The fourth-order valence-corrected chi connectivity index (χ4v) is 2.26. The maximum atomic E-state index is 2.17. The molecular weight excluding hydrogens is 179 g/mol. The van der Waals surface area contributed by atoms with E-state index in [1.807, 2.05) is 0 Å². The van der Waals surface area contributed by atoms with E-state index >= 15 is 0 Å². The van der Waals surface area contributed by atoms with E-state index in [4.69, 9.17) is 0 Å². The van der Waals surface area contributed by atoms with Gasteiger partial charge in [0.05, 0.1) is 0 Å². The van der Waals surface area contributed by atoms with Crippen LogP contribution in [0.5, 0.6) is 0 Å². The summed E-state index contributed by atoms with van der Waals surface area (Å²) in [6.07, 6.45) is 0. The Hall–Kier alpha value is -0.746. The fourth-order valence-electron chi connectivity index (χ4n) is 1.21. The van der Waals surface area contributed by atoms with Gasteiger partial charge < -0.3 is 9.52 Å². The Bertz CT molecular complexity index is 321. The van der Waals surface area contributed by atoms with Crippen LogP contribution in [0, 0.1) is 0 Å².